The second kappa shape index (κ2) is 5.34. The number of aryl methyl sites for hydroxylation is 1. The van der Waals surface area contributed by atoms with Gasteiger partial charge in [-0.05, 0) is 43.0 Å². The Bertz CT molecular complexity index is 820. The lowest BCUT2D eigenvalue weighted by Gasteiger charge is -2.17. The number of nitrogens with zero attached hydrogens (tertiary/aromatic N) is 5. The second-order valence-corrected chi connectivity index (χ2v) is 6.43. The highest BCUT2D eigenvalue weighted by Gasteiger charge is 2.46. The van der Waals surface area contributed by atoms with Crippen molar-refractivity contribution in [3.8, 4) is 6.07 Å². The Balaban J connectivity index is 1.53. The van der Waals surface area contributed by atoms with E-state index in [1.165, 1.54) is 0 Å². The van der Waals surface area contributed by atoms with E-state index in [4.69, 9.17) is 4.74 Å². The van der Waals surface area contributed by atoms with E-state index >= 15 is 0 Å². The molecule has 7 nitrogen and oxygen atoms in total. The third-order valence-corrected chi connectivity index (χ3v) is 4.74. The summed E-state index contributed by atoms with van der Waals surface area (Å²) in [6.45, 7) is 2.95. The highest BCUT2D eigenvalue weighted by molar-refractivity contribution is 5.90. The number of aromatic nitrogens is 3. The lowest BCUT2D eigenvalue weighted by atomic mass is 9.93. The van der Waals surface area contributed by atoms with Gasteiger partial charge in [0.25, 0.3) is 0 Å². The fourth-order valence-corrected chi connectivity index (χ4v) is 3.29. The summed E-state index contributed by atoms with van der Waals surface area (Å²) in [5.74, 6) is 0. The smallest absolute Gasteiger partial charge is 0.414 e. The van der Waals surface area contributed by atoms with Crippen LogP contribution in [0.1, 0.15) is 24.0 Å². The molecule has 4 rings (SSSR count). The molecule has 7 heteroatoms. The molecule has 122 valence electrons. The van der Waals surface area contributed by atoms with E-state index in [1.807, 2.05) is 25.1 Å². The van der Waals surface area contributed by atoms with E-state index in [2.05, 4.69) is 16.4 Å². The van der Waals surface area contributed by atoms with Gasteiger partial charge in [-0.15, -0.1) is 5.10 Å². The van der Waals surface area contributed by atoms with Crippen LogP contribution < -0.4 is 4.90 Å². The summed E-state index contributed by atoms with van der Waals surface area (Å²) in [5, 5.41) is 17.0. The highest BCUT2D eigenvalue weighted by atomic mass is 16.6. The molecular formula is C17H17N5O2. The number of benzene rings is 1. The minimum absolute atomic E-state index is 0.256. The summed E-state index contributed by atoms with van der Waals surface area (Å²) in [4.78, 5) is 13.8. The second-order valence-electron chi connectivity index (χ2n) is 6.43. The van der Waals surface area contributed by atoms with Crippen LogP contribution in [0.3, 0.4) is 0 Å². The average Bonchev–Trinajstić information content (AvgIpc) is 3.02. The minimum atomic E-state index is -0.353. The van der Waals surface area contributed by atoms with E-state index in [0.29, 0.717) is 13.1 Å². The third-order valence-electron chi connectivity index (χ3n) is 4.74. The number of ether oxygens (including phenoxy) is 1. The molecule has 1 aliphatic heterocycles. The first-order chi connectivity index (χ1) is 11.6. The van der Waals surface area contributed by atoms with Gasteiger partial charge in [-0.2, -0.15) is 5.26 Å². The molecule has 2 aromatic rings. The van der Waals surface area contributed by atoms with E-state index in [9.17, 15) is 10.1 Å². The molecular weight excluding hydrogens is 306 g/mol. The molecule has 2 heterocycles. The SMILES string of the molecule is Cc1cc(N2C[C@H](Cn3ccnn3)OC2=O)ccc1C1(C#N)CC1. The molecule has 0 N–H and O–H groups in total. The standard InChI is InChI=1S/C17H17N5O2/c1-12-8-13(2-3-15(12)17(11-18)4-5-17)22-10-14(24-16(22)23)9-21-7-6-19-20-21/h2-3,6-8,14H,4-5,9-10H2,1H3/t14-/m0/s1. The van der Waals surface area contributed by atoms with Crippen LogP contribution >= 0.6 is 0 Å². The van der Waals surface area contributed by atoms with Crippen LogP contribution in [0, 0.1) is 18.3 Å². The lowest BCUT2D eigenvalue weighted by molar-refractivity contribution is 0.129. The molecule has 1 amide bonds. The Hall–Kier alpha value is -2.88. The zero-order valence-electron chi connectivity index (χ0n) is 13.3. The first-order valence-corrected chi connectivity index (χ1v) is 7.96. The number of carbonyl (C=O) groups is 1. The van der Waals surface area contributed by atoms with E-state index < -0.39 is 0 Å². The molecule has 24 heavy (non-hydrogen) atoms. The van der Waals surface area contributed by atoms with Crippen LogP contribution in [0.2, 0.25) is 0 Å². The number of amides is 1. The van der Waals surface area contributed by atoms with Gasteiger partial charge >= 0.3 is 6.09 Å². The maximum Gasteiger partial charge on any atom is 0.414 e. The number of nitriles is 1. The Morgan fingerprint density at radius 1 is 1.46 bits per heavy atom. The summed E-state index contributed by atoms with van der Waals surface area (Å²) in [7, 11) is 0. The van der Waals surface area contributed by atoms with Crippen molar-refractivity contribution in [3.63, 3.8) is 0 Å². The van der Waals surface area contributed by atoms with Crippen LogP contribution in [0.25, 0.3) is 0 Å². The largest absolute Gasteiger partial charge is 0.442 e. The number of carbonyl (C=O) groups excluding carboxylic acids is 1. The number of cyclic esters (lactones) is 1. The number of rotatable bonds is 4. The molecule has 2 aliphatic rings. The molecule has 0 bridgehead atoms. The molecule has 1 aliphatic carbocycles. The van der Waals surface area contributed by atoms with Gasteiger partial charge in [0.1, 0.15) is 6.10 Å². The topological polar surface area (TPSA) is 84.0 Å². The van der Waals surface area contributed by atoms with Gasteiger partial charge in [-0.3, -0.25) is 4.90 Å². The molecule has 1 aromatic carbocycles. The van der Waals surface area contributed by atoms with E-state index in [1.54, 1.807) is 22.0 Å². The van der Waals surface area contributed by atoms with Crippen molar-refractivity contribution in [2.75, 3.05) is 11.4 Å². The van der Waals surface area contributed by atoms with Crippen molar-refractivity contribution in [3.05, 3.63) is 41.7 Å². The molecule has 0 unspecified atom stereocenters. The summed E-state index contributed by atoms with van der Waals surface area (Å²) in [5.41, 5.74) is 2.60. The van der Waals surface area contributed by atoms with Crippen molar-refractivity contribution in [2.45, 2.75) is 37.8 Å². The van der Waals surface area contributed by atoms with Crippen LogP contribution in [0.15, 0.2) is 30.6 Å². The first kappa shape index (κ1) is 14.7. The van der Waals surface area contributed by atoms with E-state index in [0.717, 1.165) is 29.7 Å². The fraction of sp³-hybridized carbons (Fsp3) is 0.412. The van der Waals surface area contributed by atoms with Crippen LogP contribution in [0.4, 0.5) is 10.5 Å². The normalized spacial score (nSPS) is 21.4. The number of anilines is 1. The van der Waals surface area contributed by atoms with Gasteiger partial charge in [0, 0.05) is 11.9 Å². The molecule has 0 radical (unpaired) electrons. The summed E-state index contributed by atoms with van der Waals surface area (Å²) in [6, 6.07) is 8.26. The predicted molar refractivity (Wildman–Crippen MR) is 85.3 cm³/mol. The maximum atomic E-state index is 12.2. The Labute approximate surface area is 139 Å². The van der Waals surface area contributed by atoms with Gasteiger partial charge < -0.3 is 4.74 Å². The summed E-state index contributed by atoms with van der Waals surface area (Å²) in [6.07, 6.45) is 4.55. The minimum Gasteiger partial charge on any atom is -0.442 e. The Morgan fingerprint density at radius 3 is 2.92 bits per heavy atom. The van der Waals surface area contributed by atoms with Crippen LogP contribution in [0.5, 0.6) is 0 Å². The van der Waals surface area contributed by atoms with Crippen molar-refractivity contribution in [2.24, 2.45) is 0 Å². The van der Waals surface area contributed by atoms with Gasteiger partial charge in [-0.25, -0.2) is 9.48 Å². The quantitative estimate of drug-likeness (QED) is 0.861. The number of hydrogen-bond donors (Lipinski definition) is 0. The van der Waals surface area contributed by atoms with Crippen LogP contribution in [-0.4, -0.2) is 33.7 Å². The van der Waals surface area contributed by atoms with Gasteiger partial charge in [0.15, 0.2) is 0 Å². The molecule has 1 atom stereocenters. The molecule has 1 saturated carbocycles. The van der Waals surface area contributed by atoms with Gasteiger partial charge in [0.05, 0.1) is 30.8 Å². The van der Waals surface area contributed by atoms with E-state index in [-0.39, 0.29) is 17.6 Å². The Morgan fingerprint density at radius 2 is 2.29 bits per heavy atom. The summed E-state index contributed by atoms with van der Waals surface area (Å²) >= 11 is 0. The lowest BCUT2D eigenvalue weighted by Crippen LogP contribution is -2.26. The average molecular weight is 323 g/mol. The highest BCUT2D eigenvalue weighted by Crippen LogP contribution is 2.49. The molecule has 1 saturated heterocycles. The molecule has 2 fully saturated rings. The number of hydrogen-bond acceptors (Lipinski definition) is 5. The third kappa shape index (κ3) is 2.40. The first-order valence-electron chi connectivity index (χ1n) is 7.96. The van der Waals surface area contributed by atoms with Crippen molar-refractivity contribution >= 4 is 11.8 Å². The zero-order chi connectivity index (χ0) is 16.7. The van der Waals surface area contributed by atoms with Crippen LogP contribution in [-0.2, 0) is 16.7 Å². The fourth-order valence-electron chi connectivity index (χ4n) is 3.29. The van der Waals surface area contributed by atoms with Gasteiger partial charge in [-0.1, -0.05) is 11.3 Å². The van der Waals surface area contributed by atoms with Crippen molar-refractivity contribution < 1.29 is 9.53 Å². The monoisotopic (exact) mass is 323 g/mol. The van der Waals surface area contributed by atoms with Gasteiger partial charge in [0.2, 0.25) is 0 Å². The van der Waals surface area contributed by atoms with Crippen molar-refractivity contribution in [1.29, 1.82) is 5.26 Å². The maximum absolute atomic E-state index is 12.2. The molecule has 0 spiro atoms. The summed E-state index contributed by atoms with van der Waals surface area (Å²) < 4.78 is 7.07. The molecule has 1 aromatic heterocycles. The Kier molecular flexibility index (Phi) is 3.27. The van der Waals surface area contributed by atoms with Crippen molar-refractivity contribution in [1.82, 2.24) is 15.0 Å². The zero-order valence-corrected chi connectivity index (χ0v) is 13.3. The predicted octanol–water partition coefficient (Wildman–Crippen LogP) is 2.17.